The third kappa shape index (κ3) is 4.46. The van der Waals surface area contributed by atoms with Crippen molar-refractivity contribution < 1.29 is 4.79 Å². The molecular weight excluding hydrogens is 341 g/mol. The molecule has 2 aromatic rings. The minimum atomic E-state index is -0.176. The van der Waals surface area contributed by atoms with Gasteiger partial charge in [-0.1, -0.05) is 0 Å². The third-order valence-electron chi connectivity index (χ3n) is 3.55. The maximum absolute atomic E-state index is 11.9. The van der Waals surface area contributed by atoms with E-state index in [0.29, 0.717) is 17.6 Å². The van der Waals surface area contributed by atoms with Crippen LogP contribution in [-0.2, 0) is 18.4 Å². The van der Waals surface area contributed by atoms with E-state index in [9.17, 15) is 9.59 Å². The van der Waals surface area contributed by atoms with Crippen molar-refractivity contribution in [1.29, 1.82) is 0 Å². The summed E-state index contributed by atoms with van der Waals surface area (Å²) in [5, 5.41) is 6.09. The highest BCUT2D eigenvalue weighted by atomic mass is 35.5. The van der Waals surface area contributed by atoms with Gasteiger partial charge in [0.2, 0.25) is 5.91 Å². The molecule has 0 saturated carbocycles. The Balaban J connectivity index is 0.00000242. The number of aromatic amines is 1. The van der Waals surface area contributed by atoms with Crippen molar-refractivity contribution in [3.8, 4) is 0 Å². The first-order chi connectivity index (χ1) is 9.81. The summed E-state index contributed by atoms with van der Waals surface area (Å²) in [7, 11) is 1.75. The number of amides is 1. The first-order valence-corrected chi connectivity index (χ1v) is 6.88. The van der Waals surface area contributed by atoms with Crippen LogP contribution >= 0.6 is 24.8 Å². The van der Waals surface area contributed by atoms with E-state index in [1.807, 2.05) is 13.8 Å². The molecule has 1 amide bonds. The molecule has 0 aliphatic carbocycles. The number of nitrogens with one attached hydrogen (secondary N) is 2. The summed E-state index contributed by atoms with van der Waals surface area (Å²) in [5.41, 5.74) is 8.58. The zero-order valence-electron chi connectivity index (χ0n) is 13.6. The molecule has 2 aromatic heterocycles. The Hall–Kier alpha value is -1.57. The molecule has 23 heavy (non-hydrogen) atoms. The number of halogens is 2. The van der Waals surface area contributed by atoms with Crippen LogP contribution in [0.5, 0.6) is 0 Å². The van der Waals surface area contributed by atoms with Gasteiger partial charge in [-0.3, -0.25) is 19.4 Å². The summed E-state index contributed by atoms with van der Waals surface area (Å²) >= 11 is 0. The van der Waals surface area contributed by atoms with Gasteiger partial charge in [-0.05, 0) is 31.9 Å². The fourth-order valence-corrected chi connectivity index (χ4v) is 2.46. The number of aryl methyl sites for hydroxylation is 3. The lowest BCUT2D eigenvalue weighted by Gasteiger charge is -2.12. The number of carbonyl (C=O) groups excluding carboxylic acids is 1. The summed E-state index contributed by atoms with van der Waals surface area (Å²) < 4.78 is 1.61. The van der Waals surface area contributed by atoms with Crippen LogP contribution in [0, 0.1) is 13.8 Å². The third-order valence-corrected chi connectivity index (χ3v) is 3.55. The SMILES string of the molecule is Cc1nc2c(c(C)c1CNC(=O)CC(C)N)c(=O)[nH]n2C.Cl.Cl. The lowest BCUT2D eigenvalue weighted by Crippen LogP contribution is -2.30. The van der Waals surface area contributed by atoms with Crippen LogP contribution in [0.3, 0.4) is 0 Å². The largest absolute Gasteiger partial charge is 0.352 e. The molecule has 1 atom stereocenters. The molecule has 9 heteroatoms. The molecule has 7 nitrogen and oxygen atoms in total. The van der Waals surface area contributed by atoms with Crippen LogP contribution in [0.1, 0.15) is 30.2 Å². The maximum Gasteiger partial charge on any atom is 0.273 e. The van der Waals surface area contributed by atoms with Crippen molar-refractivity contribution in [1.82, 2.24) is 20.1 Å². The lowest BCUT2D eigenvalue weighted by atomic mass is 10.0. The van der Waals surface area contributed by atoms with Crippen molar-refractivity contribution in [3.63, 3.8) is 0 Å². The maximum atomic E-state index is 11.9. The van der Waals surface area contributed by atoms with Crippen molar-refractivity contribution in [2.75, 3.05) is 0 Å². The molecule has 0 fully saturated rings. The smallest absolute Gasteiger partial charge is 0.273 e. The van der Waals surface area contributed by atoms with Gasteiger partial charge in [0.1, 0.15) is 0 Å². The molecule has 4 N–H and O–H groups in total. The standard InChI is InChI=1S/C14H21N5O2.2ClH/c1-7(15)5-11(20)16-6-10-8(2)12-13(17-9(10)3)19(4)18-14(12)21;;/h7H,5-6,15H2,1-4H3,(H,16,20)(H,18,21);2*1H. The Morgan fingerprint density at radius 3 is 2.57 bits per heavy atom. The van der Waals surface area contributed by atoms with E-state index in [1.54, 1.807) is 18.7 Å². The van der Waals surface area contributed by atoms with Gasteiger partial charge >= 0.3 is 0 Å². The van der Waals surface area contributed by atoms with Gasteiger partial charge in [0.25, 0.3) is 5.56 Å². The van der Waals surface area contributed by atoms with Crippen molar-refractivity contribution >= 4 is 41.8 Å². The topological polar surface area (TPSA) is 106 Å². The summed E-state index contributed by atoms with van der Waals surface area (Å²) in [4.78, 5) is 28.1. The Labute approximate surface area is 146 Å². The molecule has 0 radical (unpaired) electrons. The first kappa shape index (κ1) is 21.4. The number of nitrogens with zero attached hydrogens (tertiary/aromatic N) is 2. The summed E-state index contributed by atoms with van der Waals surface area (Å²) in [6.45, 7) is 5.88. The Bertz CT molecular complexity index is 752. The zero-order chi connectivity index (χ0) is 15.7. The Morgan fingerprint density at radius 1 is 1.39 bits per heavy atom. The fraction of sp³-hybridized carbons (Fsp3) is 0.500. The molecule has 0 spiro atoms. The number of aromatic nitrogens is 3. The highest BCUT2D eigenvalue weighted by Crippen LogP contribution is 2.19. The molecule has 0 bridgehead atoms. The second-order valence-corrected chi connectivity index (χ2v) is 5.46. The number of carbonyl (C=O) groups is 1. The second-order valence-electron chi connectivity index (χ2n) is 5.46. The van der Waals surface area contributed by atoms with Gasteiger partial charge in [-0.25, -0.2) is 4.98 Å². The molecule has 2 rings (SSSR count). The van der Waals surface area contributed by atoms with Gasteiger partial charge in [0, 0.05) is 31.7 Å². The highest BCUT2D eigenvalue weighted by Gasteiger charge is 2.15. The first-order valence-electron chi connectivity index (χ1n) is 6.88. The molecular formula is C14H23Cl2N5O2. The monoisotopic (exact) mass is 363 g/mol. The average molecular weight is 364 g/mol. The molecule has 0 aromatic carbocycles. The van der Waals surface area contributed by atoms with Gasteiger partial charge in [0.05, 0.1) is 5.39 Å². The normalized spacial score (nSPS) is 11.5. The van der Waals surface area contributed by atoms with Crippen molar-refractivity contribution in [2.45, 2.75) is 39.8 Å². The Morgan fingerprint density at radius 2 is 2.00 bits per heavy atom. The van der Waals surface area contributed by atoms with Crippen LogP contribution in [-0.4, -0.2) is 26.7 Å². The number of hydrogen-bond donors (Lipinski definition) is 3. The van der Waals surface area contributed by atoms with E-state index >= 15 is 0 Å². The lowest BCUT2D eigenvalue weighted by molar-refractivity contribution is -0.121. The molecule has 2 heterocycles. The fourth-order valence-electron chi connectivity index (χ4n) is 2.46. The molecule has 130 valence electrons. The summed E-state index contributed by atoms with van der Waals surface area (Å²) in [5.74, 6) is -0.106. The van der Waals surface area contributed by atoms with Gasteiger partial charge < -0.3 is 11.1 Å². The van der Waals surface area contributed by atoms with Crippen LogP contribution < -0.4 is 16.6 Å². The van der Waals surface area contributed by atoms with Crippen LogP contribution in [0.4, 0.5) is 0 Å². The van der Waals surface area contributed by atoms with E-state index < -0.39 is 0 Å². The van der Waals surface area contributed by atoms with E-state index in [2.05, 4.69) is 15.4 Å². The minimum Gasteiger partial charge on any atom is -0.352 e. The minimum absolute atomic E-state index is 0. The van der Waals surface area contributed by atoms with Gasteiger partial charge in [-0.2, -0.15) is 0 Å². The quantitative estimate of drug-likeness (QED) is 0.755. The number of nitrogens with two attached hydrogens (primary N) is 1. The van der Waals surface area contributed by atoms with Crippen LogP contribution in [0.25, 0.3) is 11.0 Å². The summed E-state index contributed by atoms with van der Waals surface area (Å²) in [6, 6.07) is -0.176. The van der Waals surface area contributed by atoms with Gasteiger partial charge in [0.15, 0.2) is 5.65 Å². The van der Waals surface area contributed by atoms with Gasteiger partial charge in [-0.15, -0.1) is 24.8 Å². The predicted molar refractivity (Wildman–Crippen MR) is 95.4 cm³/mol. The van der Waals surface area contributed by atoms with Crippen molar-refractivity contribution in [3.05, 3.63) is 27.2 Å². The number of fused-ring (bicyclic) bond motifs is 1. The average Bonchev–Trinajstić information content (AvgIpc) is 2.63. The number of hydrogen-bond acceptors (Lipinski definition) is 4. The molecule has 0 aliphatic heterocycles. The van der Waals surface area contributed by atoms with E-state index in [4.69, 9.17) is 5.73 Å². The number of rotatable bonds is 4. The molecule has 0 aliphatic rings. The zero-order valence-corrected chi connectivity index (χ0v) is 15.2. The predicted octanol–water partition coefficient (Wildman–Crippen LogP) is 1.08. The second kappa shape index (κ2) is 8.33. The highest BCUT2D eigenvalue weighted by molar-refractivity contribution is 5.85. The summed E-state index contributed by atoms with van der Waals surface area (Å²) in [6.07, 6.45) is 0.277. The van der Waals surface area contributed by atoms with E-state index in [-0.39, 0.29) is 48.7 Å². The number of pyridine rings is 1. The van der Waals surface area contributed by atoms with Crippen molar-refractivity contribution in [2.24, 2.45) is 12.8 Å². The van der Waals surface area contributed by atoms with E-state index in [0.717, 1.165) is 16.8 Å². The van der Waals surface area contributed by atoms with E-state index in [1.165, 1.54) is 0 Å². The number of H-pyrrole nitrogens is 1. The molecule has 0 saturated heterocycles. The van der Waals surface area contributed by atoms with Crippen LogP contribution in [0.2, 0.25) is 0 Å². The Kier molecular flexibility index (Phi) is 7.76. The van der Waals surface area contributed by atoms with Crippen LogP contribution in [0.15, 0.2) is 4.79 Å². The molecule has 1 unspecified atom stereocenters.